The fourth-order valence-corrected chi connectivity index (χ4v) is 3.81. The van der Waals surface area contributed by atoms with Gasteiger partial charge in [-0.1, -0.05) is 13.8 Å². The third-order valence-corrected chi connectivity index (χ3v) is 5.45. The topological polar surface area (TPSA) is 147 Å². The number of anilines is 2. The molecule has 3 aromatic rings. The van der Waals surface area contributed by atoms with Gasteiger partial charge >= 0.3 is 0 Å². The maximum absolute atomic E-state index is 11.9. The number of carbonyl (C=O) groups excluding carboxylic acids is 3. The van der Waals surface area contributed by atoms with E-state index in [1.165, 1.54) is 6.92 Å². The maximum atomic E-state index is 11.9. The van der Waals surface area contributed by atoms with Crippen molar-refractivity contribution in [3.8, 4) is 0 Å². The third-order valence-electron chi connectivity index (χ3n) is 5.45. The van der Waals surface area contributed by atoms with Crippen molar-refractivity contribution in [2.75, 3.05) is 24.0 Å². The average Bonchev–Trinajstić information content (AvgIpc) is 3.45. The van der Waals surface area contributed by atoms with Gasteiger partial charge in [-0.05, 0) is 33.6 Å². The van der Waals surface area contributed by atoms with Gasteiger partial charge < -0.3 is 9.72 Å². The minimum atomic E-state index is -0.204. The third kappa shape index (κ3) is 6.81. The number of halogens is 1. The molecule has 0 spiro atoms. The number of ketones is 2. The van der Waals surface area contributed by atoms with Gasteiger partial charge in [0.2, 0.25) is 5.91 Å². The van der Waals surface area contributed by atoms with Crippen molar-refractivity contribution in [3.05, 3.63) is 29.5 Å². The van der Waals surface area contributed by atoms with E-state index in [4.69, 9.17) is 4.74 Å². The van der Waals surface area contributed by atoms with Crippen LogP contribution >= 0.6 is 12.4 Å². The number of Topliss-reactive ketones (excluding diaryl/α,β-unsaturated/α-hetero) is 2. The summed E-state index contributed by atoms with van der Waals surface area (Å²) in [5, 5.41) is 9.23. The maximum Gasteiger partial charge on any atom is 0.236 e. The van der Waals surface area contributed by atoms with Gasteiger partial charge in [-0.15, -0.1) is 12.4 Å². The largest absolute Gasteiger partial charge is 0.377 e. The summed E-state index contributed by atoms with van der Waals surface area (Å²) in [5.41, 5.74) is 6.18. The Hall–Kier alpha value is -3.64. The number of carbonyl (C=O) groups is 3. The Morgan fingerprint density at radius 3 is 2.53 bits per heavy atom. The van der Waals surface area contributed by atoms with E-state index in [0.717, 1.165) is 23.3 Å². The van der Waals surface area contributed by atoms with Crippen LogP contribution in [0.3, 0.4) is 0 Å². The average molecular weight is 547 g/mol. The smallest absolute Gasteiger partial charge is 0.236 e. The van der Waals surface area contributed by atoms with Crippen molar-refractivity contribution in [2.24, 2.45) is 11.0 Å². The monoisotopic (exact) mass is 546 g/mol. The SMILES string of the molecule is CCn1ncc2c(NN=C(C)C)c(C(C)=O)cnc21.COCc1nc2c([nH]1)C(=O)CC(=O)N2CC(C)C.Cl. The first-order chi connectivity index (χ1) is 17.6. The molecule has 0 bridgehead atoms. The van der Waals surface area contributed by atoms with E-state index < -0.39 is 0 Å². The number of fused-ring (bicyclic) bond motifs is 2. The Morgan fingerprint density at radius 1 is 1.24 bits per heavy atom. The Kier molecular flexibility index (Phi) is 10.7. The van der Waals surface area contributed by atoms with Gasteiger partial charge in [0.25, 0.3) is 0 Å². The van der Waals surface area contributed by atoms with Gasteiger partial charge in [-0.25, -0.2) is 14.6 Å². The molecule has 1 amide bonds. The molecular formula is C25H35ClN8O4. The van der Waals surface area contributed by atoms with Gasteiger partial charge in [0, 0.05) is 32.1 Å². The predicted octanol–water partition coefficient (Wildman–Crippen LogP) is 4.01. The minimum absolute atomic E-state index is 0. The van der Waals surface area contributed by atoms with Crippen LogP contribution in [0.25, 0.3) is 11.0 Å². The van der Waals surface area contributed by atoms with E-state index in [2.05, 4.69) is 30.6 Å². The lowest BCUT2D eigenvalue weighted by Gasteiger charge is -2.26. The van der Waals surface area contributed by atoms with E-state index >= 15 is 0 Å². The standard InChI is InChI=1S/C13H17N5O.C12H17N3O3.ClH/c1-5-18-13-11(7-15-18)12(17-16-8(2)3)10(6-14-13)9(4)19;1-7(2)5-15-10(17)4-8(16)11-12(15)14-9(13-11)6-18-3;/h6-7H,5H2,1-4H3,(H,14,17);7H,4-6H2,1-3H3,(H,13,14);1H. The van der Waals surface area contributed by atoms with Crippen LogP contribution < -0.4 is 10.3 Å². The van der Waals surface area contributed by atoms with Gasteiger partial charge in [-0.2, -0.15) is 10.2 Å². The van der Waals surface area contributed by atoms with E-state index in [-0.39, 0.29) is 36.3 Å². The van der Waals surface area contributed by atoms with Crippen LogP contribution in [0.4, 0.5) is 11.5 Å². The second kappa shape index (κ2) is 13.2. The van der Waals surface area contributed by atoms with Crippen molar-refractivity contribution in [2.45, 2.75) is 61.1 Å². The number of imidazole rings is 1. The molecule has 38 heavy (non-hydrogen) atoms. The second-order valence-electron chi connectivity index (χ2n) is 9.28. The zero-order valence-electron chi connectivity index (χ0n) is 22.8. The summed E-state index contributed by atoms with van der Waals surface area (Å²) in [7, 11) is 1.56. The predicted molar refractivity (Wildman–Crippen MR) is 148 cm³/mol. The molecule has 0 aromatic carbocycles. The van der Waals surface area contributed by atoms with E-state index in [0.29, 0.717) is 47.7 Å². The molecular weight excluding hydrogens is 512 g/mol. The first kappa shape index (κ1) is 30.6. The number of ether oxygens (including phenoxy) is 1. The van der Waals surface area contributed by atoms with E-state index in [1.807, 2.05) is 34.6 Å². The highest BCUT2D eigenvalue weighted by molar-refractivity contribution is 6.18. The normalized spacial score (nSPS) is 12.6. The first-order valence-corrected chi connectivity index (χ1v) is 12.1. The van der Waals surface area contributed by atoms with Gasteiger partial charge in [0.05, 0.1) is 29.3 Å². The molecule has 4 heterocycles. The number of hydrazone groups is 1. The summed E-state index contributed by atoms with van der Waals surface area (Å²) in [6, 6.07) is 0. The van der Waals surface area contributed by atoms with Crippen molar-refractivity contribution in [1.29, 1.82) is 0 Å². The summed E-state index contributed by atoms with van der Waals surface area (Å²) in [5.74, 6) is 0.889. The van der Waals surface area contributed by atoms with Crippen LogP contribution in [0.1, 0.15) is 74.6 Å². The molecule has 0 unspecified atom stereocenters. The highest BCUT2D eigenvalue weighted by Crippen LogP contribution is 2.27. The van der Waals surface area contributed by atoms with Gasteiger partial charge in [0.15, 0.2) is 23.0 Å². The molecule has 0 atom stereocenters. The molecule has 2 N–H and O–H groups in total. The van der Waals surface area contributed by atoms with Crippen LogP contribution in [-0.4, -0.2) is 61.6 Å². The molecule has 12 nitrogen and oxygen atoms in total. The summed E-state index contributed by atoms with van der Waals surface area (Å²) < 4.78 is 6.76. The van der Waals surface area contributed by atoms with Crippen molar-refractivity contribution in [1.82, 2.24) is 24.7 Å². The lowest BCUT2D eigenvalue weighted by atomic mass is 10.1. The fourth-order valence-electron chi connectivity index (χ4n) is 3.81. The van der Waals surface area contributed by atoms with Crippen LogP contribution in [-0.2, 0) is 22.7 Å². The number of amides is 1. The number of nitrogens with one attached hydrogen (secondary N) is 2. The lowest BCUT2D eigenvalue weighted by molar-refractivity contribution is -0.118. The summed E-state index contributed by atoms with van der Waals surface area (Å²) >= 11 is 0. The molecule has 1 aliphatic heterocycles. The van der Waals surface area contributed by atoms with Crippen LogP contribution in [0, 0.1) is 5.92 Å². The quantitative estimate of drug-likeness (QED) is 0.186. The number of nitrogens with zero attached hydrogens (tertiary/aromatic N) is 6. The fraction of sp³-hybridized carbons (Fsp3) is 0.480. The molecule has 3 aromatic heterocycles. The molecule has 0 radical (unpaired) electrons. The first-order valence-electron chi connectivity index (χ1n) is 12.1. The minimum Gasteiger partial charge on any atom is -0.377 e. The molecule has 0 aliphatic carbocycles. The zero-order valence-corrected chi connectivity index (χ0v) is 23.6. The number of methoxy groups -OCH3 is 1. The highest BCUT2D eigenvalue weighted by Gasteiger charge is 2.33. The lowest BCUT2D eigenvalue weighted by Crippen LogP contribution is -2.40. The molecule has 0 saturated carbocycles. The van der Waals surface area contributed by atoms with Gasteiger partial charge in [0.1, 0.15) is 18.1 Å². The summed E-state index contributed by atoms with van der Waals surface area (Å²) in [4.78, 5) is 48.5. The number of aromatic nitrogens is 5. The summed E-state index contributed by atoms with van der Waals surface area (Å²) in [6.07, 6.45) is 3.19. The van der Waals surface area contributed by atoms with Gasteiger partial charge in [-0.3, -0.25) is 24.7 Å². The van der Waals surface area contributed by atoms with Crippen molar-refractivity contribution >= 4 is 58.1 Å². The Bertz CT molecular complexity index is 1340. The molecule has 0 fully saturated rings. The number of aromatic amines is 1. The molecule has 206 valence electrons. The number of pyridine rings is 1. The molecule has 4 rings (SSSR count). The Balaban J connectivity index is 0.000000260. The number of hydrogen-bond donors (Lipinski definition) is 2. The number of aryl methyl sites for hydroxylation is 1. The number of H-pyrrole nitrogens is 1. The van der Waals surface area contributed by atoms with Crippen LogP contribution in [0.5, 0.6) is 0 Å². The summed E-state index contributed by atoms with van der Waals surface area (Å²) in [6.45, 7) is 12.9. The zero-order chi connectivity index (χ0) is 27.3. The molecule has 13 heteroatoms. The molecule has 1 aliphatic rings. The molecule has 0 saturated heterocycles. The van der Waals surface area contributed by atoms with Crippen molar-refractivity contribution in [3.63, 3.8) is 0 Å². The van der Waals surface area contributed by atoms with Crippen molar-refractivity contribution < 1.29 is 19.1 Å². The Morgan fingerprint density at radius 2 is 1.95 bits per heavy atom. The number of rotatable bonds is 8. The second-order valence-corrected chi connectivity index (χ2v) is 9.28. The Labute approximate surface area is 227 Å². The van der Waals surface area contributed by atoms with E-state index in [1.54, 1.807) is 29.1 Å². The number of hydrogen-bond acceptors (Lipinski definition) is 9. The van der Waals surface area contributed by atoms with Crippen LogP contribution in [0.2, 0.25) is 0 Å². The van der Waals surface area contributed by atoms with E-state index in [9.17, 15) is 14.4 Å². The van der Waals surface area contributed by atoms with Crippen LogP contribution in [0.15, 0.2) is 17.5 Å². The highest BCUT2D eigenvalue weighted by atomic mass is 35.5.